The van der Waals surface area contributed by atoms with Crippen LogP contribution in [0.3, 0.4) is 0 Å². The van der Waals surface area contributed by atoms with Crippen LogP contribution >= 0.6 is 11.6 Å². The van der Waals surface area contributed by atoms with Crippen LogP contribution < -0.4 is 15.1 Å². The van der Waals surface area contributed by atoms with Gasteiger partial charge in [0.15, 0.2) is 0 Å². The van der Waals surface area contributed by atoms with Crippen LogP contribution in [0.4, 0.5) is 24.7 Å². The van der Waals surface area contributed by atoms with Crippen molar-refractivity contribution >= 4 is 40.8 Å². The second-order valence-electron chi connectivity index (χ2n) is 11.5. The molecule has 1 aliphatic heterocycles. The zero-order valence-electron chi connectivity index (χ0n) is 23.4. The number of carbonyl (C=O) groups is 3. The highest BCUT2D eigenvalue weighted by atomic mass is 35.5. The normalized spacial score (nSPS) is 20.0. The van der Waals surface area contributed by atoms with Crippen molar-refractivity contribution in [2.75, 3.05) is 9.80 Å². The van der Waals surface area contributed by atoms with Gasteiger partial charge in [0.25, 0.3) is 11.8 Å². The van der Waals surface area contributed by atoms with Gasteiger partial charge in [-0.25, -0.2) is 18.2 Å². The van der Waals surface area contributed by atoms with Crippen LogP contribution in [0.2, 0.25) is 5.02 Å². The van der Waals surface area contributed by atoms with Crippen molar-refractivity contribution in [2.45, 2.75) is 68.5 Å². The molecule has 0 spiro atoms. The van der Waals surface area contributed by atoms with E-state index in [-0.39, 0.29) is 46.4 Å². The minimum absolute atomic E-state index is 0.0146. The lowest BCUT2D eigenvalue weighted by Crippen LogP contribution is -2.56. The van der Waals surface area contributed by atoms with E-state index in [1.807, 2.05) is 6.07 Å². The Labute approximate surface area is 256 Å². The first-order valence-electron chi connectivity index (χ1n) is 14.3. The topological polar surface area (TPSA) is 106 Å². The molecule has 2 saturated carbocycles. The average Bonchev–Trinajstić information content (AvgIpc) is 3.76. The predicted molar refractivity (Wildman–Crippen MR) is 156 cm³/mol. The van der Waals surface area contributed by atoms with Crippen molar-refractivity contribution in [3.63, 3.8) is 0 Å². The number of nitriles is 1. The first-order chi connectivity index (χ1) is 21.0. The molecular weight excluding hydrogens is 595 g/mol. The molecule has 8 nitrogen and oxygen atoms in total. The second-order valence-corrected chi connectivity index (χ2v) is 11.9. The summed E-state index contributed by atoms with van der Waals surface area (Å²) in [7, 11) is 0. The van der Waals surface area contributed by atoms with Gasteiger partial charge in [-0.15, -0.1) is 0 Å². The number of anilines is 2. The van der Waals surface area contributed by atoms with Gasteiger partial charge in [0.2, 0.25) is 11.8 Å². The predicted octanol–water partition coefficient (Wildman–Crippen LogP) is 5.81. The molecule has 1 saturated heterocycles. The molecule has 3 fully saturated rings. The summed E-state index contributed by atoms with van der Waals surface area (Å²) >= 11 is 6.58. The number of alkyl halides is 2. The van der Waals surface area contributed by atoms with Crippen LogP contribution in [-0.4, -0.2) is 40.7 Å². The van der Waals surface area contributed by atoms with Crippen molar-refractivity contribution in [2.24, 2.45) is 0 Å². The molecule has 2 aliphatic carbocycles. The number of hydrogen-bond acceptors (Lipinski definition) is 5. The molecular formula is C32H27ClF3N5O3. The molecule has 1 aromatic heterocycles. The second kappa shape index (κ2) is 11.6. The summed E-state index contributed by atoms with van der Waals surface area (Å²) in [6.07, 6.45) is 1.96. The number of hydrogen-bond donors (Lipinski definition) is 1. The number of aromatic nitrogens is 1. The van der Waals surface area contributed by atoms with E-state index in [0.29, 0.717) is 5.56 Å². The maximum atomic E-state index is 15.2. The van der Waals surface area contributed by atoms with Crippen LogP contribution in [0, 0.1) is 17.1 Å². The Balaban J connectivity index is 1.47. The minimum atomic E-state index is -2.91. The third-order valence-corrected chi connectivity index (χ3v) is 8.57. The Kier molecular flexibility index (Phi) is 7.80. The van der Waals surface area contributed by atoms with Crippen LogP contribution in [0.5, 0.6) is 0 Å². The summed E-state index contributed by atoms with van der Waals surface area (Å²) < 4.78 is 42.6. The summed E-state index contributed by atoms with van der Waals surface area (Å²) in [4.78, 5) is 48.4. The lowest BCUT2D eigenvalue weighted by Gasteiger charge is -2.39. The molecule has 0 radical (unpaired) electrons. The van der Waals surface area contributed by atoms with Crippen LogP contribution in [0.15, 0.2) is 60.8 Å². The fourth-order valence-electron chi connectivity index (χ4n) is 5.91. The highest BCUT2D eigenvalue weighted by Gasteiger charge is 2.49. The standard InChI is InChI=1S/C32H27ClF3N5O3/c33-25-4-2-1-3-24(25)29(30(43)39-22-15-32(35,36)16-22)40(23-13-20(19-5-6-19)12-21(34)14-23)31(44)26-7-8-28(42)41(26)27-11-18(17-37)9-10-38-27/h1-4,9-14,19,22,26,29H,5-8,15-16H2,(H,39,43)/t26-,29-/m0/s1. The lowest BCUT2D eigenvalue weighted by molar-refractivity contribution is -0.133. The highest BCUT2D eigenvalue weighted by Crippen LogP contribution is 2.44. The third kappa shape index (κ3) is 5.86. The van der Waals surface area contributed by atoms with Gasteiger partial charge < -0.3 is 5.32 Å². The molecule has 2 aromatic carbocycles. The Morgan fingerprint density at radius 1 is 1.11 bits per heavy atom. The Morgan fingerprint density at radius 2 is 1.86 bits per heavy atom. The fourth-order valence-corrected chi connectivity index (χ4v) is 6.15. The molecule has 3 aromatic rings. The summed E-state index contributed by atoms with van der Waals surface area (Å²) in [6.45, 7) is 0. The zero-order valence-corrected chi connectivity index (χ0v) is 24.1. The van der Waals surface area contributed by atoms with Gasteiger partial charge in [0.05, 0.1) is 11.6 Å². The Morgan fingerprint density at radius 3 is 2.55 bits per heavy atom. The van der Waals surface area contributed by atoms with Crippen molar-refractivity contribution in [3.8, 4) is 6.07 Å². The molecule has 44 heavy (non-hydrogen) atoms. The van der Waals surface area contributed by atoms with Crippen molar-refractivity contribution in [1.29, 1.82) is 5.26 Å². The summed E-state index contributed by atoms with van der Waals surface area (Å²) in [5.74, 6) is -5.27. The van der Waals surface area contributed by atoms with Crippen LogP contribution in [0.1, 0.15) is 67.2 Å². The molecule has 3 aliphatic rings. The number of pyridine rings is 1. The monoisotopic (exact) mass is 621 g/mol. The summed E-state index contributed by atoms with van der Waals surface area (Å²) in [6, 6.07) is 11.8. The quantitative estimate of drug-likeness (QED) is 0.342. The van der Waals surface area contributed by atoms with E-state index in [2.05, 4.69) is 10.3 Å². The molecule has 226 valence electrons. The van der Waals surface area contributed by atoms with Gasteiger partial charge in [-0.2, -0.15) is 5.26 Å². The molecule has 2 heterocycles. The van der Waals surface area contributed by atoms with E-state index in [1.165, 1.54) is 35.4 Å². The molecule has 0 unspecified atom stereocenters. The number of benzene rings is 2. The van der Waals surface area contributed by atoms with E-state index in [1.54, 1.807) is 24.3 Å². The van der Waals surface area contributed by atoms with E-state index < -0.39 is 60.4 Å². The average molecular weight is 622 g/mol. The summed E-state index contributed by atoms with van der Waals surface area (Å²) in [5.41, 5.74) is 1.14. The van der Waals surface area contributed by atoms with Crippen molar-refractivity contribution in [1.82, 2.24) is 10.3 Å². The smallest absolute Gasteiger partial charge is 0.252 e. The molecule has 6 rings (SSSR count). The van der Waals surface area contributed by atoms with Crippen molar-refractivity contribution < 1.29 is 27.6 Å². The van der Waals surface area contributed by atoms with Gasteiger partial charge in [0, 0.05) is 47.8 Å². The van der Waals surface area contributed by atoms with Crippen LogP contribution in [0.25, 0.3) is 0 Å². The number of halogens is 4. The van der Waals surface area contributed by atoms with Gasteiger partial charge in [-0.3, -0.25) is 24.2 Å². The minimum Gasteiger partial charge on any atom is -0.351 e. The molecule has 3 amide bonds. The van der Waals surface area contributed by atoms with Gasteiger partial charge in [-0.05, 0) is 67.1 Å². The van der Waals surface area contributed by atoms with E-state index in [0.717, 1.165) is 23.8 Å². The first kappa shape index (κ1) is 29.6. The van der Waals surface area contributed by atoms with E-state index in [4.69, 9.17) is 11.6 Å². The number of rotatable bonds is 8. The van der Waals surface area contributed by atoms with E-state index >= 15 is 4.39 Å². The molecule has 12 heteroatoms. The Bertz CT molecular complexity index is 1680. The van der Waals surface area contributed by atoms with Gasteiger partial charge >= 0.3 is 0 Å². The van der Waals surface area contributed by atoms with Crippen LogP contribution in [-0.2, 0) is 14.4 Å². The van der Waals surface area contributed by atoms with Gasteiger partial charge in [0.1, 0.15) is 23.7 Å². The lowest BCUT2D eigenvalue weighted by atomic mass is 9.87. The SMILES string of the molecule is N#Cc1ccnc(N2C(=O)CC[C@H]2C(=O)N(c2cc(F)cc(C3CC3)c2)[C@H](C(=O)NC2CC(F)(F)C2)c2ccccc2Cl)c1. The number of nitrogens with one attached hydrogen (secondary N) is 1. The number of nitrogens with zero attached hydrogens (tertiary/aromatic N) is 4. The summed E-state index contributed by atoms with van der Waals surface area (Å²) in [5, 5.41) is 12.2. The number of carbonyl (C=O) groups excluding carboxylic acids is 3. The number of amides is 3. The Hall–Kier alpha value is -4.43. The molecule has 1 N–H and O–H groups in total. The zero-order chi connectivity index (χ0) is 31.2. The largest absolute Gasteiger partial charge is 0.351 e. The van der Waals surface area contributed by atoms with E-state index in [9.17, 15) is 28.4 Å². The first-order valence-corrected chi connectivity index (χ1v) is 14.7. The third-order valence-electron chi connectivity index (χ3n) is 8.23. The van der Waals surface area contributed by atoms with Gasteiger partial charge in [-0.1, -0.05) is 29.8 Å². The molecule has 0 bridgehead atoms. The highest BCUT2D eigenvalue weighted by molar-refractivity contribution is 6.31. The fraction of sp³-hybridized carbons (Fsp3) is 0.344. The molecule has 2 atom stereocenters. The maximum absolute atomic E-state index is 15.2. The van der Waals surface area contributed by atoms with Crippen molar-refractivity contribution in [3.05, 3.63) is 88.3 Å². The maximum Gasteiger partial charge on any atom is 0.252 e.